The number of fused-ring (bicyclic) bond motifs is 1. The number of nitrogens with zero attached hydrogens (tertiary/aromatic N) is 1. The van der Waals surface area contributed by atoms with Crippen molar-refractivity contribution < 1.29 is 42.9 Å². The molecule has 0 aliphatic carbocycles. The Morgan fingerprint density at radius 2 is 1.54 bits per heavy atom. The van der Waals surface area contributed by atoms with Crippen molar-refractivity contribution in [2.75, 3.05) is 26.3 Å². The fourth-order valence-corrected chi connectivity index (χ4v) is 3.48. The molecule has 1 amide bonds. The van der Waals surface area contributed by atoms with Crippen LogP contribution in [0.2, 0.25) is 0 Å². The van der Waals surface area contributed by atoms with Crippen LogP contribution in [0.3, 0.4) is 0 Å². The van der Waals surface area contributed by atoms with Crippen molar-refractivity contribution in [2.45, 2.75) is 13.8 Å². The van der Waals surface area contributed by atoms with Crippen LogP contribution in [0.5, 0.6) is 23.0 Å². The van der Waals surface area contributed by atoms with Crippen LogP contribution in [-0.4, -0.2) is 54.3 Å². The largest absolute Gasteiger partial charge is 0.504 e. The molecule has 2 aromatic carbocycles. The Morgan fingerprint density at radius 1 is 0.914 bits per heavy atom. The van der Waals surface area contributed by atoms with E-state index in [0.29, 0.717) is 37.6 Å². The van der Waals surface area contributed by atoms with Crippen molar-refractivity contribution >= 4 is 29.0 Å². The molecule has 1 aliphatic heterocycles. The van der Waals surface area contributed by atoms with E-state index in [-0.39, 0.29) is 16.7 Å². The molecule has 35 heavy (non-hydrogen) atoms. The Hall–Kier alpha value is -4.38. The molecule has 0 spiro atoms. The minimum atomic E-state index is -0.795. The average Bonchev–Trinajstić information content (AvgIpc) is 2.81. The molecule has 1 fully saturated rings. The van der Waals surface area contributed by atoms with Gasteiger partial charge in [0.1, 0.15) is 22.5 Å². The molecule has 0 atom stereocenters. The Kier molecular flexibility index (Phi) is 6.69. The first-order chi connectivity index (χ1) is 16.7. The lowest BCUT2D eigenvalue weighted by atomic mass is 10.1. The molecule has 1 N–H and O–H groups in total. The first-order valence-electron chi connectivity index (χ1n) is 10.6. The van der Waals surface area contributed by atoms with Gasteiger partial charge in [0, 0.05) is 44.6 Å². The molecule has 11 heteroatoms. The second-order valence-corrected chi connectivity index (χ2v) is 7.58. The number of hydrogen-bond donors (Lipinski definition) is 1. The quantitative estimate of drug-likeness (QED) is 0.435. The van der Waals surface area contributed by atoms with E-state index in [1.54, 1.807) is 24.3 Å². The lowest BCUT2D eigenvalue weighted by Crippen LogP contribution is -2.42. The van der Waals surface area contributed by atoms with Gasteiger partial charge in [-0.05, 0) is 24.3 Å². The second kappa shape index (κ2) is 9.85. The first kappa shape index (κ1) is 23.8. The molecule has 4 rings (SSSR count). The number of amides is 1. The molecule has 182 valence electrons. The van der Waals surface area contributed by atoms with Gasteiger partial charge >= 0.3 is 18.0 Å². The van der Waals surface area contributed by atoms with Crippen molar-refractivity contribution in [3.05, 3.63) is 46.6 Å². The van der Waals surface area contributed by atoms with Crippen LogP contribution in [0, 0.1) is 0 Å². The fourth-order valence-electron chi connectivity index (χ4n) is 3.48. The standard InChI is InChI=1S/C24H21NO10/c1-13(26)32-22-18(29)12-20-21(23(22)33-14(2)27)17(28)11-19(35-20)15-3-5-16(6-4-15)34-24(30)25-7-9-31-10-8-25/h3-6,11-12,29H,7-10H2,1-2H3. The summed E-state index contributed by atoms with van der Waals surface area (Å²) in [5.41, 5.74) is -0.221. The van der Waals surface area contributed by atoms with Gasteiger partial charge in [0.05, 0.1) is 13.2 Å². The van der Waals surface area contributed by atoms with Gasteiger partial charge in [0.2, 0.25) is 5.75 Å². The van der Waals surface area contributed by atoms with E-state index < -0.39 is 40.7 Å². The number of esters is 2. The van der Waals surface area contributed by atoms with E-state index in [1.807, 2.05) is 0 Å². The van der Waals surface area contributed by atoms with Gasteiger partial charge in [-0.25, -0.2) is 4.79 Å². The zero-order chi connectivity index (χ0) is 25.1. The van der Waals surface area contributed by atoms with Crippen molar-refractivity contribution in [3.8, 4) is 34.3 Å². The van der Waals surface area contributed by atoms with E-state index in [0.717, 1.165) is 19.9 Å². The number of hydrogen-bond acceptors (Lipinski definition) is 10. The third-order valence-corrected chi connectivity index (χ3v) is 5.01. The van der Waals surface area contributed by atoms with Crippen LogP contribution in [-0.2, 0) is 14.3 Å². The summed E-state index contributed by atoms with van der Waals surface area (Å²) in [6.07, 6.45) is -0.490. The van der Waals surface area contributed by atoms with Gasteiger partial charge in [-0.3, -0.25) is 14.4 Å². The van der Waals surface area contributed by atoms with E-state index >= 15 is 0 Å². The zero-order valence-electron chi connectivity index (χ0n) is 18.9. The highest BCUT2D eigenvalue weighted by Crippen LogP contribution is 2.43. The van der Waals surface area contributed by atoms with Crippen molar-refractivity contribution in [3.63, 3.8) is 0 Å². The van der Waals surface area contributed by atoms with E-state index in [2.05, 4.69) is 0 Å². The number of phenols is 1. The van der Waals surface area contributed by atoms with Crippen LogP contribution in [0.15, 0.2) is 45.6 Å². The zero-order valence-corrected chi connectivity index (χ0v) is 18.9. The number of ether oxygens (including phenoxy) is 4. The molecule has 0 unspecified atom stereocenters. The molecule has 0 radical (unpaired) electrons. The molecular formula is C24H21NO10. The molecule has 0 saturated carbocycles. The maximum atomic E-state index is 13.0. The molecular weight excluding hydrogens is 462 g/mol. The summed E-state index contributed by atoms with van der Waals surface area (Å²) < 4.78 is 26.4. The van der Waals surface area contributed by atoms with E-state index in [1.165, 1.54) is 11.0 Å². The van der Waals surface area contributed by atoms with Gasteiger partial charge in [0.25, 0.3) is 0 Å². The highest BCUT2D eigenvalue weighted by molar-refractivity contribution is 5.93. The van der Waals surface area contributed by atoms with E-state index in [4.69, 9.17) is 23.4 Å². The topological polar surface area (TPSA) is 142 Å². The SMILES string of the molecule is CC(=O)Oc1c(O)cc2oc(-c3ccc(OC(=O)N4CCOCC4)cc3)cc(=O)c2c1OC(C)=O. The van der Waals surface area contributed by atoms with Crippen molar-refractivity contribution in [1.29, 1.82) is 0 Å². The highest BCUT2D eigenvalue weighted by Gasteiger charge is 2.24. The molecule has 3 aromatic rings. The lowest BCUT2D eigenvalue weighted by molar-refractivity contribution is -0.134. The predicted octanol–water partition coefficient (Wildman–Crippen LogP) is 2.85. The summed E-state index contributed by atoms with van der Waals surface area (Å²) in [7, 11) is 0. The van der Waals surface area contributed by atoms with Gasteiger partial charge in [0.15, 0.2) is 16.9 Å². The van der Waals surface area contributed by atoms with Gasteiger partial charge in [-0.2, -0.15) is 0 Å². The van der Waals surface area contributed by atoms with Crippen LogP contribution in [0.1, 0.15) is 13.8 Å². The number of aromatic hydroxyl groups is 1. The number of phenolic OH excluding ortho intramolecular Hbond substituents is 1. The van der Waals surface area contributed by atoms with Crippen LogP contribution in [0.25, 0.3) is 22.3 Å². The number of carbonyl (C=O) groups excluding carboxylic acids is 3. The smallest absolute Gasteiger partial charge is 0.415 e. The summed E-state index contributed by atoms with van der Waals surface area (Å²) in [6.45, 7) is 3.98. The minimum Gasteiger partial charge on any atom is -0.504 e. The Labute approximate surface area is 198 Å². The molecule has 1 saturated heterocycles. The van der Waals surface area contributed by atoms with Gasteiger partial charge in [-0.1, -0.05) is 0 Å². The Morgan fingerprint density at radius 3 is 2.17 bits per heavy atom. The number of rotatable bonds is 4. The summed E-state index contributed by atoms with van der Waals surface area (Å²) >= 11 is 0. The summed E-state index contributed by atoms with van der Waals surface area (Å²) in [5, 5.41) is 10.2. The fraction of sp³-hybridized carbons (Fsp3) is 0.250. The monoisotopic (exact) mass is 483 g/mol. The molecule has 1 aliphatic rings. The summed E-state index contributed by atoms with van der Waals surface area (Å²) in [6, 6.07) is 8.52. The van der Waals surface area contributed by atoms with Gasteiger partial charge in [-0.15, -0.1) is 0 Å². The minimum absolute atomic E-state index is 0.0972. The average molecular weight is 483 g/mol. The van der Waals surface area contributed by atoms with Crippen LogP contribution in [0.4, 0.5) is 4.79 Å². The second-order valence-electron chi connectivity index (χ2n) is 7.58. The third kappa shape index (κ3) is 5.25. The van der Waals surface area contributed by atoms with E-state index in [9.17, 15) is 24.3 Å². The van der Waals surface area contributed by atoms with Gasteiger partial charge < -0.3 is 33.4 Å². The number of benzene rings is 2. The normalized spacial score (nSPS) is 13.4. The Bertz CT molecular complexity index is 1350. The Balaban J connectivity index is 1.67. The highest BCUT2D eigenvalue weighted by atomic mass is 16.6. The third-order valence-electron chi connectivity index (χ3n) is 5.01. The van der Waals surface area contributed by atoms with Crippen molar-refractivity contribution in [2.24, 2.45) is 0 Å². The first-order valence-corrected chi connectivity index (χ1v) is 10.6. The maximum Gasteiger partial charge on any atom is 0.415 e. The van der Waals surface area contributed by atoms with Crippen LogP contribution < -0.4 is 19.6 Å². The lowest BCUT2D eigenvalue weighted by Gasteiger charge is -2.25. The molecule has 0 bridgehead atoms. The van der Waals surface area contributed by atoms with Crippen LogP contribution >= 0.6 is 0 Å². The maximum absolute atomic E-state index is 13.0. The predicted molar refractivity (Wildman–Crippen MR) is 121 cm³/mol. The molecule has 2 heterocycles. The number of morpholine rings is 1. The summed E-state index contributed by atoms with van der Waals surface area (Å²) in [4.78, 5) is 49.8. The van der Waals surface area contributed by atoms with Crippen molar-refractivity contribution in [1.82, 2.24) is 4.90 Å². The molecule has 11 nitrogen and oxygen atoms in total. The molecule has 1 aromatic heterocycles. The summed E-state index contributed by atoms with van der Waals surface area (Å²) in [5.74, 6) is -2.59. The number of carbonyl (C=O) groups is 3.